The summed E-state index contributed by atoms with van der Waals surface area (Å²) in [5, 5.41) is 3.35. The van der Waals surface area contributed by atoms with Gasteiger partial charge in [0.05, 0.1) is 5.92 Å². The third-order valence-corrected chi connectivity index (χ3v) is 5.58. The molecule has 1 amide bonds. The molecular weight excluding hydrogens is 367 g/mol. The van der Waals surface area contributed by atoms with Crippen molar-refractivity contribution in [1.82, 2.24) is 4.90 Å². The van der Waals surface area contributed by atoms with Crippen LogP contribution in [0.15, 0.2) is 42.5 Å². The molecule has 148 valence electrons. The van der Waals surface area contributed by atoms with E-state index in [0.29, 0.717) is 26.2 Å². The monoisotopic (exact) mass is 389 g/mol. The molecule has 4 rings (SSSR count). The molecule has 7 heteroatoms. The zero-order valence-corrected chi connectivity index (χ0v) is 15.4. The number of carbonyl (C=O) groups excluding carboxylic acids is 1. The summed E-state index contributed by atoms with van der Waals surface area (Å²) < 4.78 is 38.4. The summed E-state index contributed by atoms with van der Waals surface area (Å²) in [6.07, 6.45) is -2.92. The van der Waals surface area contributed by atoms with Crippen molar-refractivity contribution in [1.29, 1.82) is 0 Å². The topological polar surface area (TPSA) is 35.6 Å². The van der Waals surface area contributed by atoms with Crippen LogP contribution in [0, 0.1) is 5.92 Å². The second-order valence-electron chi connectivity index (χ2n) is 7.47. The summed E-state index contributed by atoms with van der Waals surface area (Å²) in [6.45, 7) is 2.13. The molecule has 2 aliphatic rings. The van der Waals surface area contributed by atoms with Crippen molar-refractivity contribution in [2.24, 2.45) is 5.92 Å². The van der Waals surface area contributed by atoms with Crippen molar-refractivity contribution < 1.29 is 18.0 Å². The van der Waals surface area contributed by atoms with Gasteiger partial charge >= 0.3 is 6.18 Å². The van der Waals surface area contributed by atoms with Gasteiger partial charge in [-0.05, 0) is 60.4 Å². The highest BCUT2D eigenvalue weighted by Crippen LogP contribution is 2.35. The van der Waals surface area contributed by atoms with Crippen molar-refractivity contribution in [2.45, 2.75) is 32.1 Å². The van der Waals surface area contributed by atoms with Crippen LogP contribution in [-0.4, -0.2) is 30.6 Å². The Labute approximate surface area is 161 Å². The highest BCUT2D eigenvalue weighted by molar-refractivity contribution is 5.65. The van der Waals surface area contributed by atoms with Crippen LogP contribution in [0.2, 0.25) is 0 Å². The summed E-state index contributed by atoms with van der Waals surface area (Å²) in [7, 11) is 0. The highest BCUT2D eigenvalue weighted by atomic mass is 19.4. The third-order valence-electron chi connectivity index (χ3n) is 5.58. The Hall–Kier alpha value is -2.70. The second kappa shape index (κ2) is 7.37. The van der Waals surface area contributed by atoms with Gasteiger partial charge in [0, 0.05) is 43.2 Å². The number of piperidine rings is 1. The molecule has 0 spiro atoms. The lowest BCUT2D eigenvalue weighted by molar-refractivity contribution is -0.179. The van der Waals surface area contributed by atoms with E-state index in [2.05, 4.69) is 11.4 Å². The van der Waals surface area contributed by atoms with E-state index < -0.39 is 12.1 Å². The Morgan fingerprint density at radius 2 is 1.57 bits per heavy atom. The van der Waals surface area contributed by atoms with Crippen molar-refractivity contribution in [2.75, 3.05) is 23.3 Å². The number of hydrogen-bond acceptors (Lipinski definition) is 3. The molecule has 0 radical (unpaired) electrons. The molecule has 2 aliphatic heterocycles. The maximum absolute atomic E-state index is 12.8. The van der Waals surface area contributed by atoms with Crippen LogP contribution in [-0.2, 0) is 17.9 Å². The van der Waals surface area contributed by atoms with Crippen molar-refractivity contribution in [3.63, 3.8) is 0 Å². The fraction of sp³-hybridized carbons (Fsp3) is 0.381. The van der Waals surface area contributed by atoms with Crippen LogP contribution in [0.25, 0.3) is 0 Å². The molecule has 2 aromatic rings. The van der Waals surface area contributed by atoms with Gasteiger partial charge in [0.1, 0.15) is 0 Å². The van der Waals surface area contributed by atoms with Gasteiger partial charge < -0.3 is 15.1 Å². The number of alkyl halides is 3. The Morgan fingerprint density at radius 1 is 0.929 bits per heavy atom. The van der Waals surface area contributed by atoms with Crippen LogP contribution >= 0.6 is 0 Å². The average molecular weight is 389 g/mol. The number of amides is 1. The molecule has 0 bridgehead atoms. The first kappa shape index (κ1) is 18.7. The summed E-state index contributed by atoms with van der Waals surface area (Å²) in [4.78, 5) is 14.7. The molecule has 0 aliphatic carbocycles. The molecule has 0 atom stereocenters. The van der Waals surface area contributed by atoms with E-state index >= 15 is 0 Å². The number of fused-ring (bicyclic) bond motifs is 1. The molecule has 1 N–H and O–H groups in total. The molecule has 1 fully saturated rings. The number of halogens is 3. The molecule has 0 saturated carbocycles. The molecule has 2 aromatic carbocycles. The Kier molecular flexibility index (Phi) is 4.91. The van der Waals surface area contributed by atoms with E-state index in [4.69, 9.17) is 0 Å². The van der Waals surface area contributed by atoms with Gasteiger partial charge in [0.25, 0.3) is 0 Å². The van der Waals surface area contributed by atoms with Gasteiger partial charge in [0.2, 0.25) is 6.41 Å². The van der Waals surface area contributed by atoms with Crippen LogP contribution in [0.5, 0.6) is 0 Å². The number of nitrogens with one attached hydrogen (secondary N) is 1. The maximum Gasteiger partial charge on any atom is 0.391 e. The average Bonchev–Trinajstić information content (AvgIpc) is 3.10. The largest absolute Gasteiger partial charge is 0.391 e. The zero-order valence-electron chi connectivity index (χ0n) is 15.4. The van der Waals surface area contributed by atoms with E-state index in [1.807, 2.05) is 41.3 Å². The van der Waals surface area contributed by atoms with Crippen LogP contribution in [0.4, 0.5) is 30.2 Å². The van der Waals surface area contributed by atoms with E-state index in [-0.39, 0.29) is 12.8 Å². The molecule has 0 unspecified atom stereocenters. The van der Waals surface area contributed by atoms with Crippen LogP contribution in [0.3, 0.4) is 0 Å². The first-order valence-corrected chi connectivity index (χ1v) is 9.42. The van der Waals surface area contributed by atoms with E-state index in [1.54, 1.807) is 4.90 Å². The number of nitrogens with zero attached hydrogens (tertiary/aromatic N) is 2. The SMILES string of the molecule is O=CN1Cc2ccc(Nc3ccc(N4CCC(C(F)(F)F)CC4)cc3)cc2C1. The molecular formula is C21H22F3N3O. The minimum atomic E-state index is -4.08. The van der Waals surface area contributed by atoms with Crippen molar-refractivity contribution >= 4 is 23.5 Å². The van der Waals surface area contributed by atoms with Crippen molar-refractivity contribution in [3.8, 4) is 0 Å². The zero-order chi connectivity index (χ0) is 19.7. The molecule has 0 aromatic heterocycles. The van der Waals surface area contributed by atoms with Gasteiger partial charge in [-0.3, -0.25) is 4.79 Å². The minimum Gasteiger partial charge on any atom is -0.372 e. The quantitative estimate of drug-likeness (QED) is 0.772. The van der Waals surface area contributed by atoms with Crippen molar-refractivity contribution in [3.05, 3.63) is 53.6 Å². The van der Waals surface area contributed by atoms with E-state index in [9.17, 15) is 18.0 Å². The smallest absolute Gasteiger partial charge is 0.372 e. The third kappa shape index (κ3) is 3.93. The summed E-state index contributed by atoms with van der Waals surface area (Å²) in [6, 6.07) is 13.8. The molecule has 1 saturated heterocycles. The van der Waals surface area contributed by atoms with Gasteiger partial charge in [-0.2, -0.15) is 13.2 Å². The predicted molar refractivity (Wildman–Crippen MR) is 102 cm³/mol. The predicted octanol–water partition coefficient (Wildman–Crippen LogP) is 4.68. The van der Waals surface area contributed by atoms with Crippen LogP contribution < -0.4 is 10.2 Å². The maximum atomic E-state index is 12.8. The van der Waals surface area contributed by atoms with Gasteiger partial charge in [-0.25, -0.2) is 0 Å². The summed E-state index contributed by atoms with van der Waals surface area (Å²) >= 11 is 0. The van der Waals surface area contributed by atoms with Gasteiger partial charge in [-0.1, -0.05) is 6.07 Å². The Morgan fingerprint density at radius 3 is 2.21 bits per heavy atom. The lowest BCUT2D eigenvalue weighted by Crippen LogP contribution is -2.38. The fourth-order valence-corrected chi connectivity index (χ4v) is 3.96. The van der Waals surface area contributed by atoms with E-state index in [1.165, 1.54) is 0 Å². The second-order valence-corrected chi connectivity index (χ2v) is 7.47. The normalized spacial score (nSPS) is 17.5. The fourth-order valence-electron chi connectivity index (χ4n) is 3.96. The van der Waals surface area contributed by atoms with E-state index in [0.717, 1.165) is 34.6 Å². The standard InChI is InChI=1S/C21H22F3N3O/c22-21(23,24)17-7-9-27(10-8-17)20-5-3-18(4-6-20)25-19-2-1-15-12-26(14-28)13-16(15)11-19/h1-6,11,14,17,25H,7-10,12-13H2. The first-order chi connectivity index (χ1) is 13.4. The number of carbonyl (C=O) groups is 1. The molecule has 28 heavy (non-hydrogen) atoms. The summed E-state index contributed by atoms with van der Waals surface area (Å²) in [5.74, 6) is -1.18. The molecule has 4 nitrogen and oxygen atoms in total. The molecule has 2 heterocycles. The van der Waals surface area contributed by atoms with Crippen LogP contribution in [0.1, 0.15) is 24.0 Å². The number of anilines is 3. The number of hydrogen-bond donors (Lipinski definition) is 1. The number of benzene rings is 2. The summed E-state index contributed by atoms with van der Waals surface area (Å²) in [5.41, 5.74) is 5.11. The van der Waals surface area contributed by atoms with Gasteiger partial charge in [-0.15, -0.1) is 0 Å². The highest BCUT2D eigenvalue weighted by Gasteiger charge is 2.41. The first-order valence-electron chi connectivity index (χ1n) is 9.42. The minimum absolute atomic E-state index is 0.149. The lowest BCUT2D eigenvalue weighted by Gasteiger charge is -2.34. The Balaban J connectivity index is 1.38. The Bertz CT molecular complexity index is 843. The number of rotatable bonds is 4. The van der Waals surface area contributed by atoms with Gasteiger partial charge in [0.15, 0.2) is 0 Å². The lowest BCUT2D eigenvalue weighted by atomic mass is 9.96.